The normalized spacial score (nSPS) is 21.0. The monoisotopic (exact) mass is 354 g/mol. The number of aliphatic carboxylic acids is 1. The van der Waals surface area contributed by atoms with Crippen molar-refractivity contribution in [2.75, 3.05) is 13.7 Å². The number of hydrogen-bond acceptors (Lipinski definition) is 7. The van der Waals surface area contributed by atoms with Crippen LogP contribution in [-0.4, -0.2) is 64.0 Å². The van der Waals surface area contributed by atoms with Gasteiger partial charge < -0.3 is 19.7 Å². The van der Waals surface area contributed by atoms with E-state index in [-0.39, 0.29) is 25.3 Å². The molecule has 1 aromatic carbocycles. The van der Waals surface area contributed by atoms with Gasteiger partial charge in [-0.1, -0.05) is 0 Å². The molecule has 1 aliphatic rings. The first kappa shape index (κ1) is 18.6. The molecule has 3 atom stereocenters. The molecule has 1 saturated heterocycles. The zero-order valence-electron chi connectivity index (χ0n) is 13.4. The number of amides is 1. The van der Waals surface area contributed by atoms with Gasteiger partial charge in [0.2, 0.25) is 0 Å². The van der Waals surface area contributed by atoms with Crippen molar-refractivity contribution < 1.29 is 34.2 Å². The molecule has 0 bridgehead atoms. The minimum Gasteiger partial charge on any atom is -0.479 e. The molecule has 0 radical (unpaired) electrons. The predicted octanol–water partition coefficient (Wildman–Crippen LogP) is 0.766. The van der Waals surface area contributed by atoms with Crippen LogP contribution in [0.15, 0.2) is 24.3 Å². The lowest BCUT2D eigenvalue weighted by Gasteiger charge is -2.27. The van der Waals surface area contributed by atoms with Gasteiger partial charge in [0.1, 0.15) is 6.61 Å². The highest BCUT2D eigenvalue weighted by atomic mass is 16.6. The first-order valence-electron chi connectivity index (χ1n) is 7.44. The molecule has 1 aliphatic heterocycles. The van der Waals surface area contributed by atoms with Crippen LogP contribution in [0.25, 0.3) is 0 Å². The summed E-state index contributed by atoms with van der Waals surface area (Å²) in [5, 5.41) is 29.5. The lowest BCUT2D eigenvalue weighted by Crippen LogP contribution is -2.47. The maximum Gasteiger partial charge on any atom is 0.410 e. The van der Waals surface area contributed by atoms with Crippen molar-refractivity contribution in [3.8, 4) is 0 Å². The number of methoxy groups -OCH3 is 1. The van der Waals surface area contributed by atoms with E-state index in [2.05, 4.69) is 0 Å². The standard InChI is InChI=1S/C15H18N2O8/c1-24-13(14(19)20)12-6-11(18)7-16(12)15(21)25-8-9-2-4-10(5-3-9)17(22)23/h2-5,11-13,18H,6-8H2,1H3,(H,19,20)/t11-,12+,13?/m1/s1. The largest absolute Gasteiger partial charge is 0.479 e. The summed E-state index contributed by atoms with van der Waals surface area (Å²) in [6.07, 6.45) is -2.86. The number of carboxylic acids is 1. The summed E-state index contributed by atoms with van der Waals surface area (Å²) in [6, 6.07) is 4.64. The number of nitro groups is 1. The molecular weight excluding hydrogens is 336 g/mol. The molecule has 136 valence electrons. The van der Waals surface area contributed by atoms with Crippen LogP contribution in [0.1, 0.15) is 12.0 Å². The molecule has 0 aliphatic carbocycles. The zero-order chi connectivity index (χ0) is 18.6. The second-order valence-electron chi connectivity index (χ2n) is 5.58. The third kappa shape index (κ3) is 4.43. The summed E-state index contributed by atoms with van der Waals surface area (Å²) in [4.78, 5) is 34.6. The Morgan fingerprint density at radius 1 is 1.40 bits per heavy atom. The molecule has 1 unspecified atom stereocenters. The minimum absolute atomic E-state index is 0.0586. The van der Waals surface area contributed by atoms with Gasteiger partial charge in [0.25, 0.3) is 5.69 Å². The van der Waals surface area contributed by atoms with E-state index in [1.54, 1.807) is 0 Å². The minimum atomic E-state index is -1.27. The average Bonchev–Trinajstić information content (AvgIpc) is 2.95. The fourth-order valence-electron chi connectivity index (χ4n) is 2.70. The summed E-state index contributed by atoms with van der Waals surface area (Å²) >= 11 is 0. The summed E-state index contributed by atoms with van der Waals surface area (Å²) in [7, 11) is 1.21. The van der Waals surface area contributed by atoms with Crippen LogP contribution in [0, 0.1) is 10.1 Å². The highest BCUT2D eigenvalue weighted by Gasteiger charge is 2.43. The van der Waals surface area contributed by atoms with Gasteiger partial charge in [-0.2, -0.15) is 0 Å². The van der Waals surface area contributed by atoms with Crippen molar-refractivity contribution >= 4 is 17.7 Å². The molecule has 1 fully saturated rings. The zero-order valence-corrected chi connectivity index (χ0v) is 13.4. The van der Waals surface area contributed by atoms with Gasteiger partial charge in [0.05, 0.1) is 23.6 Å². The van der Waals surface area contributed by atoms with Gasteiger partial charge in [-0.3, -0.25) is 15.0 Å². The number of non-ortho nitro benzene ring substituents is 1. The number of carbonyl (C=O) groups is 2. The lowest BCUT2D eigenvalue weighted by atomic mass is 10.1. The van der Waals surface area contributed by atoms with Crippen LogP contribution in [0.5, 0.6) is 0 Å². The SMILES string of the molecule is COC(C(=O)O)[C@@H]1C[C@@H](O)CN1C(=O)OCc1ccc([N+](=O)[O-])cc1. The van der Waals surface area contributed by atoms with E-state index in [9.17, 15) is 24.8 Å². The summed E-state index contributed by atoms with van der Waals surface area (Å²) < 4.78 is 10.0. The number of likely N-dealkylation sites (tertiary alicyclic amines) is 1. The average molecular weight is 354 g/mol. The molecule has 1 aromatic rings. The van der Waals surface area contributed by atoms with Crippen LogP contribution in [0.2, 0.25) is 0 Å². The Labute approximate surface area is 142 Å². The van der Waals surface area contributed by atoms with Crippen molar-refractivity contribution in [2.24, 2.45) is 0 Å². The van der Waals surface area contributed by atoms with Crippen LogP contribution in [0.4, 0.5) is 10.5 Å². The Kier molecular flexibility index (Phi) is 5.88. The van der Waals surface area contributed by atoms with Crippen molar-refractivity contribution in [2.45, 2.75) is 31.3 Å². The molecule has 2 N–H and O–H groups in total. The van der Waals surface area contributed by atoms with Gasteiger partial charge >= 0.3 is 12.1 Å². The quantitative estimate of drug-likeness (QED) is 0.564. The fraction of sp³-hybridized carbons (Fsp3) is 0.467. The predicted molar refractivity (Wildman–Crippen MR) is 82.8 cm³/mol. The lowest BCUT2D eigenvalue weighted by molar-refractivity contribution is -0.384. The molecule has 0 spiro atoms. The molecule has 2 rings (SSSR count). The number of hydrogen-bond donors (Lipinski definition) is 2. The number of nitro benzene ring substituents is 1. The number of carboxylic acid groups (broad SMARTS) is 1. The van der Waals surface area contributed by atoms with E-state index in [1.807, 2.05) is 0 Å². The third-order valence-corrected chi connectivity index (χ3v) is 3.91. The first-order chi connectivity index (χ1) is 11.8. The topological polar surface area (TPSA) is 139 Å². The number of rotatable bonds is 6. The number of nitrogens with zero attached hydrogens (tertiary/aromatic N) is 2. The van der Waals surface area contributed by atoms with Gasteiger partial charge in [-0.25, -0.2) is 9.59 Å². The summed E-state index contributed by atoms with van der Waals surface area (Å²) in [6.45, 7) is -0.197. The van der Waals surface area contributed by atoms with Gasteiger partial charge in [0.15, 0.2) is 6.10 Å². The number of ether oxygens (including phenoxy) is 2. The van der Waals surface area contributed by atoms with Crippen molar-refractivity contribution in [1.82, 2.24) is 4.90 Å². The highest BCUT2D eigenvalue weighted by molar-refractivity contribution is 5.76. The Bertz CT molecular complexity index is 647. The Balaban J connectivity index is 2.00. The van der Waals surface area contributed by atoms with Gasteiger partial charge in [0, 0.05) is 19.2 Å². The van der Waals surface area contributed by atoms with E-state index in [4.69, 9.17) is 14.6 Å². The molecule has 10 nitrogen and oxygen atoms in total. The molecule has 10 heteroatoms. The number of benzene rings is 1. The smallest absolute Gasteiger partial charge is 0.410 e. The van der Waals surface area contributed by atoms with E-state index >= 15 is 0 Å². The summed E-state index contributed by atoms with van der Waals surface area (Å²) in [5.74, 6) is -1.24. The Morgan fingerprint density at radius 3 is 2.56 bits per heavy atom. The van der Waals surface area contributed by atoms with Crippen molar-refractivity contribution in [1.29, 1.82) is 0 Å². The maximum absolute atomic E-state index is 12.2. The third-order valence-electron chi connectivity index (χ3n) is 3.91. The van der Waals surface area contributed by atoms with E-state index < -0.39 is 35.2 Å². The molecule has 1 amide bonds. The van der Waals surface area contributed by atoms with Crippen LogP contribution in [0.3, 0.4) is 0 Å². The van der Waals surface area contributed by atoms with Crippen LogP contribution >= 0.6 is 0 Å². The highest BCUT2D eigenvalue weighted by Crippen LogP contribution is 2.24. The van der Waals surface area contributed by atoms with Gasteiger partial charge in [-0.15, -0.1) is 0 Å². The van der Waals surface area contributed by atoms with E-state index in [0.717, 1.165) is 4.90 Å². The number of aliphatic hydroxyl groups is 1. The van der Waals surface area contributed by atoms with Crippen LogP contribution in [-0.2, 0) is 20.9 Å². The fourth-order valence-corrected chi connectivity index (χ4v) is 2.70. The second-order valence-corrected chi connectivity index (χ2v) is 5.58. The molecule has 0 aromatic heterocycles. The number of aliphatic hydroxyl groups excluding tert-OH is 1. The Morgan fingerprint density at radius 2 is 2.04 bits per heavy atom. The summed E-state index contributed by atoms with van der Waals surface area (Å²) in [5.41, 5.74) is 0.457. The van der Waals surface area contributed by atoms with Gasteiger partial charge in [-0.05, 0) is 24.1 Å². The molecule has 0 saturated carbocycles. The van der Waals surface area contributed by atoms with E-state index in [0.29, 0.717) is 5.56 Å². The van der Waals surface area contributed by atoms with E-state index in [1.165, 1.54) is 31.4 Å². The molecule has 25 heavy (non-hydrogen) atoms. The molecular formula is C15H18N2O8. The maximum atomic E-state index is 12.2. The van der Waals surface area contributed by atoms with Crippen LogP contribution < -0.4 is 0 Å². The van der Waals surface area contributed by atoms with Crippen molar-refractivity contribution in [3.63, 3.8) is 0 Å². The second kappa shape index (κ2) is 7.90. The number of β-amino-alcohol motifs (C(OH)–C–C–N with tert-alkyl or cyclic N) is 1. The number of carbonyl (C=O) groups excluding carboxylic acids is 1. The Hall–Kier alpha value is -2.72. The molecule has 1 heterocycles. The first-order valence-corrected chi connectivity index (χ1v) is 7.44. The van der Waals surface area contributed by atoms with Crippen molar-refractivity contribution in [3.05, 3.63) is 39.9 Å².